The minimum atomic E-state index is -0.723. The van der Waals surface area contributed by atoms with E-state index in [1.807, 2.05) is 43.3 Å². The molecule has 0 amide bonds. The molecule has 0 aliphatic carbocycles. The fourth-order valence-electron chi connectivity index (χ4n) is 3.72. The molecule has 5 rings (SSSR count). The van der Waals surface area contributed by atoms with Crippen molar-refractivity contribution >= 4 is 17.7 Å². The number of aromatic nitrogens is 4. The fraction of sp³-hybridized carbons (Fsp3) is 0.138. The Morgan fingerprint density at radius 1 is 0.700 bits per heavy atom. The molecule has 0 saturated heterocycles. The van der Waals surface area contributed by atoms with Gasteiger partial charge in [-0.25, -0.2) is 4.79 Å². The maximum atomic E-state index is 12.4. The molecule has 2 heterocycles. The molecule has 0 bridgehead atoms. The second kappa shape index (κ2) is 11.5. The number of rotatable bonds is 9. The monoisotopic (exact) mass is 538 g/mol. The Kier molecular flexibility index (Phi) is 7.54. The Hall–Kier alpha value is -5.45. The lowest BCUT2D eigenvalue weighted by atomic mass is 10.1. The van der Waals surface area contributed by atoms with Crippen molar-refractivity contribution < 1.29 is 32.9 Å². The van der Waals surface area contributed by atoms with Crippen LogP contribution in [-0.4, -0.2) is 51.2 Å². The summed E-state index contributed by atoms with van der Waals surface area (Å²) in [5, 5.41) is 8.14. The van der Waals surface area contributed by atoms with Crippen LogP contribution in [0.1, 0.15) is 22.8 Å². The summed E-state index contributed by atoms with van der Waals surface area (Å²) >= 11 is 0. The normalized spacial score (nSPS) is 10.8. The van der Waals surface area contributed by atoms with E-state index in [9.17, 15) is 14.4 Å². The average molecular weight is 539 g/mol. The third-order valence-electron chi connectivity index (χ3n) is 5.64. The van der Waals surface area contributed by atoms with Crippen LogP contribution in [0.25, 0.3) is 45.7 Å². The van der Waals surface area contributed by atoms with Gasteiger partial charge in [0, 0.05) is 29.2 Å². The van der Waals surface area contributed by atoms with E-state index >= 15 is 0 Å². The second-order valence-electron chi connectivity index (χ2n) is 8.77. The number of ether oxygens (including phenoxy) is 2. The highest BCUT2D eigenvalue weighted by Crippen LogP contribution is 2.28. The number of hydrogen-bond acceptors (Lipinski definition) is 11. The molecule has 0 N–H and O–H groups in total. The zero-order chi connectivity index (χ0) is 28.1. The summed E-state index contributed by atoms with van der Waals surface area (Å²) in [5.41, 5.74) is 3.95. The Bertz CT molecular complexity index is 1710. The zero-order valence-electron chi connectivity index (χ0n) is 21.5. The van der Waals surface area contributed by atoms with Crippen LogP contribution in [0.15, 0.2) is 81.8 Å². The first-order chi connectivity index (χ1) is 19.4. The first kappa shape index (κ1) is 26.2. The van der Waals surface area contributed by atoms with Crippen LogP contribution in [0.3, 0.4) is 0 Å². The molecule has 0 atom stereocenters. The fourth-order valence-corrected chi connectivity index (χ4v) is 3.72. The molecule has 200 valence electrons. The lowest BCUT2D eigenvalue weighted by Crippen LogP contribution is -2.19. The minimum absolute atomic E-state index is 0.187. The van der Waals surface area contributed by atoms with Crippen molar-refractivity contribution in [2.24, 2.45) is 0 Å². The Morgan fingerprint density at radius 3 is 1.88 bits per heavy atom. The minimum Gasteiger partial charge on any atom is -0.458 e. The van der Waals surface area contributed by atoms with Crippen molar-refractivity contribution in [3.63, 3.8) is 0 Å². The number of carbonyl (C=O) groups is 3. The van der Waals surface area contributed by atoms with Gasteiger partial charge in [0.2, 0.25) is 17.4 Å². The van der Waals surface area contributed by atoms with Gasteiger partial charge >= 0.3 is 11.9 Å². The molecule has 11 nitrogen and oxygen atoms in total. The molecule has 0 spiro atoms. The maximum absolute atomic E-state index is 12.4. The quantitative estimate of drug-likeness (QED) is 0.240. The number of Topliss-reactive ketones (excluding diaryl/α,β-unsaturated/α-hetero) is 1. The van der Waals surface area contributed by atoms with E-state index in [4.69, 9.17) is 13.8 Å². The number of nitrogens with zero attached hydrogens (tertiary/aromatic N) is 4. The topological polar surface area (TPSA) is 148 Å². The summed E-state index contributed by atoms with van der Waals surface area (Å²) in [7, 11) is 0. The molecule has 0 aliphatic heterocycles. The molecule has 0 saturated carbocycles. The number of ketones is 1. The van der Waals surface area contributed by atoms with Gasteiger partial charge in [-0.2, -0.15) is 9.97 Å². The maximum Gasteiger partial charge on any atom is 0.338 e. The van der Waals surface area contributed by atoms with Gasteiger partial charge in [0.25, 0.3) is 11.8 Å². The molecule has 5 aromatic rings. The molecule has 11 heteroatoms. The Morgan fingerprint density at radius 2 is 1.25 bits per heavy atom. The van der Waals surface area contributed by atoms with Gasteiger partial charge in [-0.15, -0.1) is 0 Å². The van der Waals surface area contributed by atoms with Crippen molar-refractivity contribution in [3.05, 3.63) is 83.9 Å². The number of esters is 2. The molecule has 2 aromatic heterocycles. The van der Waals surface area contributed by atoms with Gasteiger partial charge in [-0.05, 0) is 43.3 Å². The summed E-state index contributed by atoms with van der Waals surface area (Å²) in [4.78, 5) is 43.9. The van der Waals surface area contributed by atoms with Crippen LogP contribution in [-0.2, 0) is 19.1 Å². The smallest absolute Gasteiger partial charge is 0.338 e. The molecule has 0 unspecified atom stereocenters. The van der Waals surface area contributed by atoms with Gasteiger partial charge in [0.1, 0.15) is 0 Å². The lowest BCUT2D eigenvalue weighted by molar-refractivity contribution is -0.146. The average Bonchev–Trinajstić information content (AvgIpc) is 3.66. The van der Waals surface area contributed by atoms with E-state index in [0.717, 1.165) is 11.1 Å². The molecule has 0 fully saturated rings. The van der Waals surface area contributed by atoms with Gasteiger partial charge in [0.15, 0.2) is 13.2 Å². The van der Waals surface area contributed by atoms with Crippen LogP contribution >= 0.6 is 0 Å². The van der Waals surface area contributed by atoms with E-state index in [0.29, 0.717) is 28.4 Å². The Labute approximate surface area is 227 Å². The summed E-state index contributed by atoms with van der Waals surface area (Å²) in [5.74, 6) is -0.539. The SMILES string of the molecule is CC(=O)OCC(=O)COC(=O)c1cccc(-c2noc(-c3cccc(-c4nc(-c5cccc(C)c5)no4)c3)n2)c1. The number of hydrogen-bond donors (Lipinski definition) is 0. The van der Waals surface area contributed by atoms with E-state index in [-0.39, 0.29) is 17.3 Å². The largest absolute Gasteiger partial charge is 0.458 e. The third-order valence-corrected chi connectivity index (χ3v) is 5.64. The first-order valence-corrected chi connectivity index (χ1v) is 12.1. The summed E-state index contributed by atoms with van der Waals surface area (Å²) < 4.78 is 20.6. The highest BCUT2D eigenvalue weighted by Gasteiger charge is 2.17. The van der Waals surface area contributed by atoms with Crippen LogP contribution < -0.4 is 0 Å². The predicted octanol–water partition coefficient (Wildman–Crippen LogP) is 4.72. The Balaban J connectivity index is 1.30. The van der Waals surface area contributed by atoms with Crippen LogP contribution in [0.4, 0.5) is 0 Å². The van der Waals surface area contributed by atoms with Crippen molar-refractivity contribution in [1.29, 1.82) is 0 Å². The second-order valence-corrected chi connectivity index (χ2v) is 8.77. The predicted molar refractivity (Wildman–Crippen MR) is 141 cm³/mol. The van der Waals surface area contributed by atoms with Gasteiger partial charge in [-0.1, -0.05) is 52.3 Å². The number of benzene rings is 3. The number of carbonyl (C=O) groups excluding carboxylic acids is 3. The van der Waals surface area contributed by atoms with E-state index < -0.39 is 30.9 Å². The van der Waals surface area contributed by atoms with Gasteiger partial charge < -0.3 is 18.5 Å². The molecule has 0 aliphatic rings. The van der Waals surface area contributed by atoms with Crippen molar-refractivity contribution in [2.45, 2.75) is 13.8 Å². The molecule has 0 radical (unpaired) electrons. The highest BCUT2D eigenvalue weighted by atomic mass is 16.6. The summed E-state index contributed by atoms with van der Waals surface area (Å²) in [6.45, 7) is 2.19. The van der Waals surface area contributed by atoms with Crippen LogP contribution in [0.2, 0.25) is 0 Å². The third kappa shape index (κ3) is 6.16. The molecule has 40 heavy (non-hydrogen) atoms. The van der Waals surface area contributed by atoms with Gasteiger partial charge in [-0.3, -0.25) is 9.59 Å². The van der Waals surface area contributed by atoms with Crippen LogP contribution in [0.5, 0.6) is 0 Å². The van der Waals surface area contributed by atoms with E-state index in [1.54, 1.807) is 24.3 Å². The van der Waals surface area contributed by atoms with Gasteiger partial charge in [0.05, 0.1) is 5.56 Å². The van der Waals surface area contributed by atoms with Crippen molar-refractivity contribution in [2.75, 3.05) is 13.2 Å². The van der Waals surface area contributed by atoms with E-state index in [2.05, 4.69) is 25.0 Å². The standard InChI is InChI=1S/C29H22N4O7/c1-17-6-3-7-19(12-17)25-30-27(39-32-25)21-9-5-10-22(14-21)28-31-26(33-40-28)20-8-4-11-23(13-20)29(36)38-16-24(35)15-37-18(2)34/h3-14H,15-16H2,1-2H3. The zero-order valence-corrected chi connectivity index (χ0v) is 21.5. The lowest BCUT2D eigenvalue weighted by Gasteiger charge is -2.05. The van der Waals surface area contributed by atoms with E-state index in [1.165, 1.54) is 19.1 Å². The highest BCUT2D eigenvalue weighted by molar-refractivity contribution is 5.93. The van der Waals surface area contributed by atoms with Crippen molar-refractivity contribution in [3.8, 4) is 45.7 Å². The van der Waals surface area contributed by atoms with Crippen molar-refractivity contribution in [1.82, 2.24) is 20.3 Å². The number of aryl methyl sites for hydroxylation is 1. The van der Waals surface area contributed by atoms with Crippen LogP contribution in [0, 0.1) is 6.92 Å². The molecule has 3 aromatic carbocycles. The molecular formula is C29H22N4O7. The summed E-state index contributed by atoms with van der Waals surface area (Å²) in [6.07, 6.45) is 0. The summed E-state index contributed by atoms with van der Waals surface area (Å²) in [6, 6.07) is 21.5. The first-order valence-electron chi connectivity index (χ1n) is 12.1. The molecular weight excluding hydrogens is 516 g/mol.